The van der Waals surface area contributed by atoms with Crippen molar-refractivity contribution < 1.29 is 0 Å². The van der Waals surface area contributed by atoms with Crippen LogP contribution >= 0.6 is 23.5 Å². The minimum Gasteiger partial charge on any atom is -0.0900 e. The highest BCUT2D eigenvalue weighted by atomic mass is 32.2. The summed E-state index contributed by atoms with van der Waals surface area (Å²) >= 11 is 3.66. The largest absolute Gasteiger partial charge is 0.0900 e. The Balaban J connectivity index is 1.72. The highest BCUT2D eigenvalue weighted by Gasteiger charge is 2.07. The van der Waals surface area contributed by atoms with Gasteiger partial charge < -0.3 is 0 Å². The molecule has 0 unspecified atom stereocenters. The standard InChI is InChI=1S/C24H20S2/c1-17-7-11-20(12-8-17)25-22-15-19-5-3-4-6-23(19)24(16-22)26-21-13-9-18(2)10-14-21/h3-16H,1-2H3. The molecule has 0 N–H and O–H groups in total. The molecule has 0 aliphatic heterocycles. The van der Waals surface area contributed by atoms with Crippen LogP contribution in [0.15, 0.2) is 105 Å². The molecule has 0 nitrogen and oxygen atoms in total. The molecule has 4 rings (SSSR count). The lowest BCUT2D eigenvalue weighted by atomic mass is 10.1. The summed E-state index contributed by atoms with van der Waals surface area (Å²) in [5.74, 6) is 0. The molecule has 0 amide bonds. The van der Waals surface area contributed by atoms with Crippen molar-refractivity contribution in [2.75, 3.05) is 0 Å². The molecule has 0 radical (unpaired) electrons. The highest BCUT2D eigenvalue weighted by Crippen LogP contribution is 2.38. The molecule has 0 saturated heterocycles. The molecular weight excluding hydrogens is 352 g/mol. The average Bonchev–Trinajstić information content (AvgIpc) is 2.65. The Morgan fingerprint density at radius 1 is 0.538 bits per heavy atom. The summed E-state index contributed by atoms with van der Waals surface area (Å²) in [4.78, 5) is 5.14. The van der Waals surface area contributed by atoms with Crippen molar-refractivity contribution in [3.05, 3.63) is 96.1 Å². The monoisotopic (exact) mass is 372 g/mol. The van der Waals surface area contributed by atoms with Gasteiger partial charge in [-0.15, -0.1) is 0 Å². The van der Waals surface area contributed by atoms with Crippen molar-refractivity contribution in [2.45, 2.75) is 33.4 Å². The first-order valence-electron chi connectivity index (χ1n) is 8.69. The van der Waals surface area contributed by atoms with E-state index in [-0.39, 0.29) is 0 Å². The molecular formula is C24H20S2. The van der Waals surface area contributed by atoms with Crippen LogP contribution < -0.4 is 0 Å². The molecule has 0 aromatic heterocycles. The van der Waals surface area contributed by atoms with Gasteiger partial charge in [0.2, 0.25) is 0 Å². The Morgan fingerprint density at radius 3 is 1.77 bits per heavy atom. The minimum atomic E-state index is 1.28. The van der Waals surface area contributed by atoms with Crippen molar-refractivity contribution in [1.82, 2.24) is 0 Å². The quantitative estimate of drug-likeness (QED) is 0.359. The molecule has 2 heteroatoms. The normalized spacial score (nSPS) is 11.0. The predicted molar refractivity (Wildman–Crippen MR) is 115 cm³/mol. The summed E-state index contributed by atoms with van der Waals surface area (Å²) in [6.45, 7) is 4.25. The SMILES string of the molecule is Cc1ccc(Sc2cc(Sc3ccc(C)cc3)c3ccccc3c2)cc1. The van der Waals surface area contributed by atoms with E-state index >= 15 is 0 Å². The Labute approximate surface area is 163 Å². The van der Waals surface area contributed by atoms with Crippen LogP contribution in [0.1, 0.15) is 11.1 Å². The van der Waals surface area contributed by atoms with Crippen LogP contribution in [0.5, 0.6) is 0 Å². The third kappa shape index (κ3) is 3.98. The van der Waals surface area contributed by atoms with E-state index in [0.29, 0.717) is 0 Å². The number of rotatable bonds is 4. The third-order valence-electron chi connectivity index (χ3n) is 4.30. The second kappa shape index (κ2) is 7.61. The second-order valence-electron chi connectivity index (χ2n) is 6.47. The van der Waals surface area contributed by atoms with E-state index < -0.39 is 0 Å². The summed E-state index contributed by atoms with van der Waals surface area (Å²) < 4.78 is 0. The highest BCUT2D eigenvalue weighted by molar-refractivity contribution is 8.00. The van der Waals surface area contributed by atoms with Gasteiger partial charge in [0.05, 0.1) is 0 Å². The number of benzene rings is 4. The van der Waals surface area contributed by atoms with Crippen LogP contribution in [0.25, 0.3) is 10.8 Å². The van der Waals surface area contributed by atoms with Gasteiger partial charge in [-0.25, -0.2) is 0 Å². The van der Waals surface area contributed by atoms with Crippen molar-refractivity contribution >= 4 is 34.3 Å². The first-order chi connectivity index (χ1) is 12.7. The molecule has 26 heavy (non-hydrogen) atoms. The van der Waals surface area contributed by atoms with Crippen molar-refractivity contribution in [3.63, 3.8) is 0 Å². The van der Waals surface area contributed by atoms with E-state index in [1.54, 1.807) is 0 Å². The zero-order valence-corrected chi connectivity index (χ0v) is 16.5. The predicted octanol–water partition coefficient (Wildman–Crippen LogP) is 7.76. The maximum atomic E-state index is 2.32. The number of hydrogen-bond donors (Lipinski definition) is 0. The van der Waals surface area contributed by atoms with Crippen LogP contribution in [0.2, 0.25) is 0 Å². The van der Waals surface area contributed by atoms with Gasteiger partial charge in [0, 0.05) is 19.6 Å². The molecule has 4 aromatic rings. The van der Waals surface area contributed by atoms with Crippen LogP contribution in [0.4, 0.5) is 0 Å². The molecule has 0 fully saturated rings. The summed E-state index contributed by atoms with van der Waals surface area (Å²) in [6, 6.07) is 30.8. The Bertz CT molecular complexity index is 1030. The van der Waals surface area contributed by atoms with E-state index in [0.717, 1.165) is 0 Å². The Morgan fingerprint density at radius 2 is 1.12 bits per heavy atom. The van der Waals surface area contributed by atoms with Crippen LogP contribution in [0, 0.1) is 13.8 Å². The second-order valence-corrected chi connectivity index (χ2v) is 8.74. The molecule has 0 heterocycles. The lowest BCUT2D eigenvalue weighted by molar-refractivity contribution is 1.33. The maximum absolute atomic E-state index is 2.32. The first-order valence-corrected chi connectivity index (χ1v) is 10.3. The fraction of sp³-hybridized carbons (Fsp3) is 0.0833. The summed E-state index contributed by atoms with van der Waals surface area (Å²) in [5.41, 5.74) is 2.59. The fourth-order valence-corrected chi connectivity index (χ4v) is 4.86. The Hall–Kier alpha value is -2.16. The van der Waals surface area contributed by atoms with Gasteiger partial charge in [-0.05, 0) is 61.0 Å². The molecule has 0 aliphatic carbocycles. The van der Waals surface area contributed by atoms with E-state index in [4.69, 9.17) is 0 Å². The molecule has 0 saturated carbocycles. The zero-order valence-electron chi connectivity index (χ0n) is 14.9. The molecule has 4 aromatic carbocycles. The van der Waals surface area contributed by atoms with Gasteiger partial charge in [-0.3, -0.25) is 0 Å². The smallest absolute Gasteiger partial charge is 0.0212 e. The van der Waals surface area contributed by atoms with Gasteiger partial charge in [-0.2, -0.15) is 0 Å². The van der Waals surface area contributed by atoms with Crippen LogP contribution in [-0.4, -0.2) is 0 Å². The molecule has 0 aliphatic rings. The number of fused-ring (bicyclic) bond motifs is 1. The van der Waals surface area contributed by atoms with Crippen molar-refractivity contribution in [3.8, 4) is 0 Å². The Kier molecular flexibility index (Phi) is 5.05. The van der Waals surface area contributed by atoms with Gasteiger partial charge in [-0.1, -0.05) is 83.2 Å². The molecule has 0 bridgehead atoms. The van der Waals surface area contributed by atoms with E-state index in [9.17, 15) is 0 Å². The van der Waals surface area contributed by atoms with Gasteiger partial charge in [0.1, 0.15) is 0 Å². The van der Waals surface area contributed by atoms with E-state index in [2.05, 4.69) is 98.8 Å². The van der Waals surface area contributed by atoms with E-state index in [1.807, 2.05) is 23.5 Å². The lowest BCUT2D eigenvalue weighted by Crippen LogP contribution is -1.82. The molecule has 0 atom stereocenters. The summed E-state index contributed by atoms with van der Waals surface area (Å²) in [7, 11) is 0. The van der Waals surface area contributed by atoms with Gasteiger partial charge >= 0.3 is 0 Å². The van der Waals surface area contributed by atoms with Crippen LogP contribution in [0.3, 0.4) is 0 Å². The van der Waals surface area contributed by atoms with Gasteiger partial charge in [0.25, 0.3) is 0 Å². The zero-order chi connectivity index (χ0) is 17.9. The van der Waals surface area contributed by atoms with Crippen LogP contribution in [-0.2, 0) is 0 Å². The molecule has 0 spiro atoms. The fourth-order valence-electron chi connectivity index (χ4n) is 2.87. The van der Waals surface area contributed by atoms with Crippen molar-refractivity contribution in [2.24, 2.45) is 0 Å². The first kappa shape index (κ1) is 17.3. The molecule has 128 valence electrons. The topological polar surface area (TPSA) is 0 Å². The van der Waals surface area contributed by atoms with E-state index in [1.165, 1.54) is 41.5 Å². The number of aryl methyl sites for hydroxylation is 2. The average molecular weight is 373 g/mol. The lowest BCUT2D eigenvalue weighted by Gasteiger charge is -2.10. The third-order valence-corrected chi connectivity index (χ3v) is 6.35. The summed E-state index contributed by atoms with van der Waals surface area (Å²) in [6.07, 6.45) is 0. The number of hydrogen-bond acceptors (Lipinski definition) is 2. The van der Waals surface area contributed by atoms with Crippen molar-refractivity contribution in [1.29, 1.82) is 0 Å². The maximum Gasteiger partial charge on any atom is 0.0212 e. The summed E-state index contributed by atoms with van der Waals surface area (Å²) in [5, 5.41) is 2.60. The minimum absolute atomic E-state index is 1.28. The van der Waals surface area contributed by atoms with Gasteiger partial charge in [0.15, 0.2) is 0 Å².